The molecule has 1 aromatic heterocycles. The van der Waals surface area contributed by atoms with Crippen molar-refractivity contribution < 1.29 is 4.79 Å². The van der Waals surface area contributed by atoms with Gasteiger partial charge in [-0.1, -0.05) is 0 Å². The molecule has 1 heterocycles. The van der Waals surface area contributed by atoms with Gasteiger partial charge in [-0.15, -0.1) is 0 Å². The standard InChI is InChI=1S/C10H11NO2/c1-6-5-9(13)11-7-3-2-4-8(12)10(6)7/h5H,2-4H2,1H3,(H,11,13). The number of fused-ring (bicyclic) bond motifs is 1. The molecule has 0 saturated carbocycles. The van der Waals surface area contributed by atoms with Gasteiger partial charge < -0.3 is 4.98 Å². The highest BCUT2D eigenvalue weighted by molar-refractivity contribution is 5.99. The predicted octanol–water partition coefficient (Wildman–Crippen LogP) is 1.20. The maximum Gasteiger partial charge on any atom is 0.248 e. The van der Waals surface area contributed by atoms with Crippen LogP contribution in [-0.2, 0) is 6.42 Å². The summed E-state index contributed by atoms with van der Waals surface area (Å²) < 4.78 is 0. The number of aromatic nitrogens is 1. The Balaban J connectivity index is 2.70. The molecule has 1 aliphatic rings. The first kappa shape index (κ1) is 8.23. The maximum absolute atomic E-state index is 11.5. The lowest BCUT2D eigenvalue weighted by Crippen LogP contribution is -2.20. The summed E-state index contributed by atoms with van der Waals surface area (Å²) in [5, 5.41) is 0. The zero-order valence-corrected chi connectivity index (χ0v) is 7.52. The number of carbonyl (C=O) groups is 1. The number of aryl methyl sites for hydroxylation is 2. The Morgan fingerprint density at radius 3 is 2.85 bits per heavy atom. The van der Waals surface area contributed by atoms with Gasteiger partial charge in [-0.05, 0) is 25.3 Å². The van der Waals surface area contributed by atoms with Gasteiger partial charge in [0, 0.05) is 23.7 Å². The van der Waals surface area contributed by atoms with Crippen molar-refractivity contribution in [1.82, 2.24) is 4.98 Å². The van der Waals surface area contributed by atoms with Crippen LogP contribution in [0, 0.1) is 6.92 Å². The summed E-state index contributed by atoms with van der Waals surface area (Å²) in [5.74, 6) is 0.162. The van der Waals surface area contributed by atoms with Crippen molar-refractivity contribution in [2.75, 3.05) is 0 Å². The van der Waals surface area contributed by atoms with Gasteiger partial charge in [0.2, 0.25) is 5.56 Å². The lowest BCUT2D eigenvalue weighted by molar-refractivity contribution is 0.0971. The third-order valence-corrected chi connectivity index (χ3v) is 2.43. The predicted molar refractivity (Wildman–Crippen MR) is 49.1 cm³/mol. The molecule has 0 bridgehead atoms. The molecule has 1 N–H and O–H groups in total. The van der Waals surface area contributed by atoms with Crippen LogP contribution >= 0.6 is 0 Å². The fraction of sp³-hybridized carbons (Fsp3) is 0.400. The quantitative estimate of drug-likeness (QED) is 0.647. The van der Waals surface area contributed by atoms with Crippen molar-refractivity contribution in [2.24, 2.45) is 0 Å². The van der Waals surface area contributed by atoms with Crippen molar-refractivity contribution in [3.8, 4) is 0 Å². The maximum atomic E-state index is 11.5. The molecule has 13 heavy (non-hydrogen) atoms. The Morgan fingerprint density at radius 1 is 1.31 bits per heavy atom. The summed E-state index contributed by atoms with van der Waals surface area (Å²) in [6, 6.07) is 1.49. The van der Waals surface area contributed by atoms with E-state index in [9.17, 15) is 9.59 Å². The van der Waals surface area contributed by atoms with Gasteiger partial charge in [-0.2, -0.15) is 0 Å². The molecule has 0 aliphatic heterocycles. The number of rotatable bonds is 0. The topological polar surface area (TPSA) is 49.9 Å². The van der Waals surface area contributed by atoms with Gasteiger partial charge in [-0.25, -0.2) is 0 Å². The number of Topliss-reactive ketones (excluding diaryl/α,β-unsaturated/α-hetero) is 1. The first-order valence-electron chi connectivity index (χ1n) is 4.44. The van der Waals surface area contributed by atoms with E-state index in [1.54, 1.807) is 0 Å². The molecule has 0 fully saturated rings. The fourth-order valence-electron chi connectivity index (χ4n) is 1.88. The molecule has 0 aromatic carbocycles. The SMILES string of the molecule is Cc1cc(=O)[nH]c2c1C(=O)CCC2. The van der Waals surface area contributed by atoms with Crippen LogP contribution in [0.3, 0.4) is 0 Å². The molecular formula is C10H11NO2. The molecule has 0 unspecified atom stereocenters. The Bertz CT molecular complexity index is 417. The third-order valence-electron chi connectivity index (χ3n) is 2.43. The first-order valence-corrected chi connectivity index (χ1v) is 4.44. The normalized spacial score (nSPS) is 15.6. The van der Waals surface area contributed by atoms with Gasteiger partial charge in [0.15, 0.2) is 5.78 Å². The second-order valence-corrected chi connectivity index (χ2v) is 3.45. The number of pyridine rings is 1. The molecule has 0 saturated heterocycles. The number of nitrogens with one attached hydrogen (secondary N) is 1. The van der Waals surface area contributed by atoms with Crippen molar-refractivity contribution in [1.29, 1.82) is 0 Å². The highest BCUT2D eigenvalue weighted by Crippen LogP contribution is 2.20. The van der Waals surface area contributed by atoms with E-state index < -0.39 is 0 Å². The van der Waals surface area contributed by atoms with Crippen LogP contribution in [0.5, 0.6) is 0 Å². The van der Waals surface area contributed by atoms with Gasteiger partial charge >= 0.3 is 0 Å². The first-order chi connectivity index (χ1) is 6.18. The van der Waals surface area contributed by atoms with Crippen molar-refractivity contribution in [3.05, 3.63) is 33.2 Å². The van der Waals surface area contributed by atoms with E-state index in [0.717, 1.165) is 29.7 Å². The van der Waals surface area contributed by atoms with Crippen molar-refractivity contribution in [2.45, 2.75) is 26.2 Å². The van der Waals surface area contributed by atoms with Crippen LogP contribution in [0.1, 0.15) is 34.5 Å². The number of hydrogen-bond donors (Lipinski definition) is 1. The minimum absolute atomic E-state index is 0.106. The van der Waals surface area contributed by atoms with E-state index in [2.05, 4.69) is 4.98 Å². The van der Waals surface area contributed by atoms with Crippen molar-refractivity contribution in [3.63, 3.8) is 0 Å². The number of aromatic amines is 1. The lowest BCUT2D eigenvalue weighted by Gasteiger charge is -2.15. The van der Waals surface area contributed by atoms with E-state index in [4.69, 9.17) is 0 Å². The zero-order chi connectivity index (χ0) is 9.42. The molecule has 0 spiro atoms. The second kappa shape index (κ2) is 2.83. The highest BCUT2D eigenvalue weighted by Gasteiger charge is 2.19. The third kappa shape index (κ3) is 1.30. The van der Waals surface area contributed by atoms with Crippen molar-refractivity contribution >= 4 is 5.78 Å². The lowest BCUT2D eigenvalue weighted by atomic mass is 9.92. The molecule has 0 amide bonds. The van der Waals surface area contributed by atoms with E-state index in [1.807, 2.05) is 6.92 Å². The molecule has 2 rings (SSSR count). The minimum Gasteiger partial charge on any atom is -0.325 e. The zero-order valence-electron chi connectivity index (χ0n) is 7.52. The Kier molecular flexibility index (Phi) is 1.79. The van der Waals surface area contributed by atoms with Crippen LogP contribution in [0.25, 0.3) is 0 Å². The molecule has 0 radical (unpaired) electrons. The summed E-state index contributed by atoms with van der Waals surface area (Å²) in [7, 11) is 0. The summed E-state index contributed by atoms with van der Waals surface area (Å²) in [4.78, 5) is 25.3. The van der Waals surface area contributed by atoms with Gasteiger partial charge in [0.05, 0.1) is 0 Å². The van der Waals surface area contributed by atoms with Crippen LogP contribution < -0.4 is 5.56 Å². The fourth-order valence-corrected chi connectivity index (χ4v) is 1.88. The average Bonchev–Trinajstić information content (AvgIpc) is 2.02. The smallest absolute Gasteiger partial charge is 0.248 e. The van der Waals surface area contributed by atoms with Crippen LogP contribution in [0.2, 0.25) is 0 Å². The van der Waals surface area contributed by atoms with E-state index in [-0.39, 0.29) is 11.3 Å². The van der Waals surface area contributed by atoms with Gasteiger partial charge in [0.1, 0.15) is 0 Å². The minimum atomic E-state index is -0.106. The van der Waals surface area contributed by atoms with E-state index >= 15 is 0 Å². The number of H-pyrrole nitrogens is 1. The Morgan fingerprint density at radius 2 is 2.08 bits per heavy atom. The van der Waals surface area contributed by atoms with Gasteiger partial charge in [-0.3, -0.25) is 9.59 Å². The molecule has 0 atom stereocenters. The molecule has 1 aromatic rings. The summed E-state index contributed by atoms with van der Waals surface area (Å²) in [5.41, 5.74) is 2.27. The highest BCUT2D eigenvalue weighted by atomic mass is 16.1. The molecule has 68 valence electrons. The van der Waals surface area contributed by atoms with Crippen LogP contribution in [-0.4, -0.2) is 10.8 Å². The Hall–Kier alpha value is -1.38. The van der Waals surface area contributed by atoms with E-state index in [1.165, 1.54) is 6.07 Å². The number of ketones is 1. The molecular weight excluding hydrogens is 166 g/mol. The molecule has 1 aliphatic carbocycles. The molecule has 3 nitrogen and oxygen atoms in total. The number of carbonyl (C=O) groups excluding carboxylic acids is 1. The summed E-state index contributed by atoms with van der Waals surface area (Å²) in [6.07, 6.45) is 2.28. The number of hydrogen-bond acceptors (Lipinski definition) is 2. The van der Waals surface area contributed by atoms with Crippen LogP contribution in [0.4, 0.5) is 0 Å². The molecule has 3 heteroatoms. The van der Waals surface area contributed by atoms with Gasteiger partial charge in [0.25, 0.3) is 0 Å². The Labute approximate surface area is 75.8 Å². The average molecular weight is 177 g/mol. The monoisotopic (exact) mass is 177 g/mol. The second-order valence-electron chi connectivity index (χ2n) is 3.45. The largest absolute Gasteiger partial charge is 0.325 e. The van der Waals surface area contributed by atoms with Crippen LogP contribution in [0.15, 0.2) is 10.9 Å². The summed E-state index contributed by atoms with van der Waals surface area (Å²) in [6.45, 7) is 1.82. The van der Waals surface area contributed by atoms with E-state index in [0.29, 0.717) is 6.42 Å². The summed E-state index contributed by atoms with van der Waals surface area (Å²) >= 11 is 0.